The van der Waals surface area contributed by atoms with Crippen LogP contribution in [0.4, 0.5) is 4.79 Å². The number of nitrogens with two attached hydrogens (primary N) is 1. The van der Waals surface area contributed by atoms with Gasteiger partial charge in [0.1, 0.15) is 11.4 Å². The lowest BCUT2D eigenvalue weighted by Crippen LogP contribution is -2.36. The molecule has 116 valence electrons. The van der Waals surface area contributed by atoms with Gasteiger partial charge in [0.2, 0.25) is 0 Å². The fourth-order valence-electron chi connectivity index (χ4n) is 2.60. The first-order chi connectivity index (χ1) is 9.78. The van der Waals surface area contributed by atoms with Gasteiger partial charge in [0.05, 0.1) is 0 Å². The Morgan fingerprint density at radius 1 is 1.43 bits per heavy atom. The van der Waals surface area contributed by atoms with Crippen molar-refractivity contribution in [2.45, 2.75) is 38.8 Å². The number of carbonyl (C=O) groups excluding carboxylic acids is 1. The van der Waals surface area contributed by atoms with Crippen LogP contribution in [0.1, 0.15) is 38.8 Å². The Morgan fingerprint density at radius 2 is 2.10 bits per heavy atom. The van der Waals surface area contributed by atoms with Crippen LogP contribution in [-0.4, -0.2) is 34.8 Å². The van der Waals surface area contributed by atoms with E-state index in [0.717, 1.165) is 12.0 Å². The fraction of sp³-hybridized carbons (Fsp3) is 0.562. The number of nitrogens with zero attached hydrogens (tertiary/aromatic N) is 1. The van der Waals surface area contributed by atoms with Crippen molar-refractivity contribution in [3.63, 3.8) is 0 Å². The van der Waals surface area contributed by atoms with E-state index < -0.39 is 5.60 Å². The minimum atomic E-state index is -0.491. The minimum absolute atomic E-state index is 0.130. The molecule has 3 N–H and O–H groups in total. The third kappa shape index (κ3) is 3.88. The summed E-state index contributed by atoms with van der Waals surface area (Å²) in [5.41, 5.74) is 6.49. The number of aromatic hydroxyl groups is 1. The van der Waals surface area contributed by atoms with Crippen LogP contribution in [0.15, 0.2) is 24.3 Å². The number of phenols is 1. The Morgan fingerprint density at radius 3 is 2.71 bits per heavy atom. The number of hydrogen-bond acceptors (Lipinski definition) is 4. The van der Waals surface area contributed by atoms with E-state index in [2.05, 4.69) is 0 Å². The largest absolute Gasteiger partial charge is 0.508 e. The quantitative estimate of drug-likeness (QED) is 0.878. The maximum absolute atomic E-state index is 12.0. The van der Waals surface area contributed by atoms with E-state index in [1.54, 1.807) is 17.0 Å². The van der Waals surface area contributed by atoms with E-state index in [0.29, 0.717) is 13.1 Å². The zero-order chi connectivity index (χ0) is 15.6. The summed E-state index contributed by atoms with van der Waals surface area (Å²) >= 11 is 0. The predicted octanol–water partition coefficient (Wildman–Crippen LogP) is 2.65. The van der Waals surface area contributed by atoms with Crippen molar-refractivity contribution in [3.05, 3.63) is 29.8 Å². The second kappa shape index (κ2) is 5.93. The van der Waals surface area contributed by atoms with E-state index in [1.807, 2.05) is 32.9 Å². The highest BCUT2D eigenvalue weighted by atomic mass is 16.6. The first kappa shape index (κ1) is 15.6. The van der Waals surface area contributed by atoms with Crippen molar-refractivity contribution in [2.75, 3.05) is 13.1 Å². The molecule has 0 saturated carbocycles. The number of ether oxygens (including phenoxy) is 1. The van der Waals surface area contributed by atoms with Crippen LogP contribution in [0, 0.1) is 5.92 Å². The molecular weight excluding hydrogens is 268 g/mol. The SMILES string of the molecule is CC(C)(C)OC(=O)N1CCC(C(N)c2ccccc2O)C1. The van der Waals surface area contributed by atoms with Crippen LogP contribution in [0.5, 0.6) is 5.75 Å². The van der Waals surface area contributed by atoms with Crippen molar-refractivity contribution < 1.29 is 14.6 Å². The zero-order valence-electron chi connectivity index (χ0n) is 12.9. The molecule has 5 nitrogen and oxygen atoms in total. The number of benzene rings is 1. The van der Waals surface area contributed by atoms with Crippen molar-refractivity contribution in [2.24, 2.45) is 11.7 Å². The van der Waals surface area contributed by atoms with Crippen molar-refractivity contribution in [1.29, 1.82) is 0 Å². The molecule has 0 aliphatic carbocycles. The molecule has 1 aliphatic rings. The summed E-state index contributed by atoms with van der Waals surface area (Å²) in [6.45, 7) is 6.76. The third-order valence-electron chi connectivity index (χ3n) is 3.68. The maximum atomic E-state index is 12.0. The van der Waals surface area contributed by atoms with E-state index in [9.17, 15) is 9.90 Å². The van der Waals surface area contributed by atoms with Gasteiger partial charge in [0, 0.05) is 24.7 Å². The van der Waals surface area contributed by atoms with E-state index in [1.165, 1.54) is 0 Å². The second-order valence-electron chi connectivity index (χ2n) is 6.56. The molecule has 5 heteroatoms. The van der Waals surface area contributed by atoms with Crippen LogP contribution < -0.4 is 5.73 Å². The summed E-state index contributed by atoms with van der Waals surface area (Å²) < 4.78 is 5.38. The van der Waals surface area contributed by atoms with Gasteiger partial charge in [-0.1, -0.05) is 18.2 Å². The van der Waals surface area contributed by atoms with Crippen LogP contribution in [0.3, 0.4) is 0 Å². The summed E-state index contributed by atoms with van der Waals surface area (Å²) in [6.07, 6.45) is 0.517. The summed E-state index contributed by atoms with van der Waals surface area (Å²) in [6, 6.07) is 6.81. The molecule has 1 aromatic carbocycles. The average Bonchev–Trinajstić information content (AvgIpc) is 2.86. The number of likely N-dealkylation sites (tertiary alicyclic amines) is 1. The van der Waals surface area contributed by atoms with Crippen LogP contribution in [0.25, 0.3) is 0 Å². The average molecular weight is 292 g/mol. The first-order valence-corrected chi connectivity index (χ1v) is 7.29. The number of amides is 1. The van der Waals surface area contributed by atoms with Crippen molar-refractivity contribution in [1.82, 2.24) is 4.90 Å². The van der Waals surface area contributed by atoms with E-state index in [4.69, 9.17) is 10.5 Å². The minimum Gasteiger partial charge on any atom is -0.508 e. The van der Waals surface area contributed by atoms with Gasteiger partial charge >= 0.3 is 6.09 Å². The Hall–Kier alpha value is -1.75. The number of rotatable bonds is 2. The summed E-state index contributed by atoms with van der Waals surface area (Å²) in [5.74, 6) is 0.339. The molecule has 2 atom stereocenters. The lowest BCUT2D eigenvalue weighted by atomic mass is 9.92. The van der Waals surface area contributed by atoms with E-state index in [-0.39, 0.29) is 23.8 Å². The van der Waals surface area contributed by atoms with Gasteiger partial charge < -0.3 is 20.5 Å². The smallest absolute Gasteiger partial charge is 0.410 e. The first-order valence-electron chi connectivity index (χ1n) is 7.29. The Bertz CT molecular complexity index is 510. The number of hydrogen-bond donors (Lipinski definition) is 2. The zero-order valence-corrected chi connectivity index (χ0v) is 12.9. The Kier molecular flexibility index (Phi) is 4.42. The Labute approximate surface area is 125 Å². The molecule has 0 bridgehead atoms. The summed E-state index contributed by atoms with van der Waals surface area (Å²) in [5, 5.41) is 9.88. The molecule has 1 saturated heterocycles. The van der Waals surface area contributed by atoms with Crippen LogP contribution >= 0.6 is 0 Å². The predicted molar refractivity (Wildman–Crippen MR) is 80.9 cm³/mol. The van der Waals surface area contributed by atoms with Gasteiger partial charge in [-0.3, -0.25) is 0 Å². The molecule has 1 aromatic rings. The topological polar surface area (TPSA) is 75.8 Å². The number of para-hydroxylation sites is 1. The molecule has 2 rings (SSSR count). The molecule has 1 aliphatic heterocycles. The maximum Gasteiger partial charge on any atom is 0.410 e. The van der Waals surface area contributed by atoms with Crippen molar-refractivity contribution in [3.8, 4) is 5.75 Å². The molecule has 2 unspecified atom stereocenters. The fourth-order valence-corrected chi connectivity index (χ4v) is 2.60. The van der Waals surface area contributed by atoms with Gasteiger partial charge in [-0.05, 0) is 39.2 Å². The highest BCUT2D eigenvalue weighted by molar-refractivity contribution is 5.68. The molecule has 1 fully saturated rings. The standard InChI is InChI=1S/C16H24N2O3/c1-16(2,3)21-15(20)18-9-8-11(10-18)14(17)12-6-4-5-7-13(12)19/h4-7,11,14,19H,8-10,17H2,1-3H3. The second-order valence-corrected chi connectivity index (χ2v) is 6.56. The van der Waals surface area contributed by atoms with Gasteiger partial charge in [0.25, 0.3) is 0 Å². The molecule has 21 heavy (non-hydrogen) atoms. The number of carbonyl (C=O) groups is 1. The number of phenolic OH excluding ortho intramolecular Hbond substituents is 1. The van der Waals surface area contributed by atoms with Gasteiger partial charge in [-0.15, -0.1) is 0 Å². The van der Waals surface area contributed by atoms with Gasteiger partial charge in [-0.25, -0.2) is 4.79 Å². The van der Waals surface area contributed by atoms with Crippen molar-refractivity contribution >= 4 is 6.09 Å². The highest BCUT2D eigenvalue weighted by Gasteiger charge is 2.33. The van der Waals surface area contributed by atoms with Gasteiger partial charge in [-0.2, -0.15) is 0 Å². The molecular formula is C16H24N2O3. The lowest BCUT2D eigenvalue weighted by Gasteiger charge is -2.25. The molecule has 0 spiro atoms. The van der Waals surface area contributed by atoms with Crippen LogP contribution in [0.2, 0.25) is 0 Å². The molecule has 1 heterocycles. The summed E-state index contributed by atoms with van der Waals surface area (Å²) in [7, 11) is 0. The lowest BCUT2D eigenvalue weighted by molar-refractivity contribution is 0.0286. The van der Waals surface area contributed by atoms with E-state index >= 15 is 0 Å². The third-order valence-corrected chi connectivity index (χ3v) is 3.68. The van der Waals surface area contributed by atoms with Gasteiger partial charge in [0.15, 0.2) is 0 Å². The Balaban J connectivity index is 1.99. The van der Waals surface area contributed by atoms with Crippen LogP contribution in [-0.2, 0) is 4.74 Å². The highest BCUT2D eigenvalue weighted by Crippen LogP contribution is 2.33. The summed E-state index contributed by atoms with van der Waals surface area (Å²) in [4.78, 5) is 13.7. The molecule has 1 amide bonds. The molecule has 0 radical (unpaired) electrons. The molecule has 0 aromatic heterocycles. The monoisotopic (exact) mass is 292 g/mol. The normalized spacial score (nSPS) is 20.4.